The molecule has 0 aromatic heterocycles. The number of likely N-dealkylation sites (tertiary alicyclic amines) is 1. The van der Waals surface area contributed by atoms with E-state index in [-0.39, 0.29) is 11.8 Å². The molecule has 0 bridgehead atoms. The second-order valence-corrected chi connectivity index (χ2v) is 4.68. The molecule has 2 N–H and O–H groups in total. The third-order valence-corrected chi connectivity index (χ3v) is 3.59. The fourth-order valence-electron chi connectivity index (χ4n) is 2.61. The first-order valence-corrected chi connectivity index (χ1v) is 6.38. The van der Waals surface area contributed by atoms with Crippen LogP contribution in [0.2, 0.25) is 0 Å². The molecule has 1 aliphatic heterocycles. The lowest BCUT2D eigenvalue weighted by molar-refractivity contribution is -0.927. The summed E-state index contributed by atoms with van der Waals surface area (Å²) in [6.45, 7) is 1.99. The van der Waals surface area contributed by atoms with Crippen molar-refractivity contribution in [3.8, 4) is 17.6 Å². The molecule has 1 aliphatic rings. The van der Waals surface area contributed by atoms with E-state index in [1.165, 1.54) is 18.4 Å². The molecule has 1 aromatic rings. The highest BCUT2D eigenvalue weighted by Gasteiger charge is 2.28. The minimum Gasteiger partial charge on any atom is -0.504 e. The van der Waals surface area contributed by atoms with Crippen LogP contribution in [0, 0.1) is 11.3 Å². The van der Waals surface area contributed by atoms with Gasteiger partial charge < -0.3 is 14.7 Å². The van der Waals surface area contributed by atoms with Gasteiger partial charge >= 0.3 is 0 Å². The molecule has 1 fully saturated rings. The molecule has 0 amide bonds. The Hall–Kier alpha value is -1.73. The minimum atomic E-state index is -0.305. The molecule has 0 unspecified atom stereocenters. The van der Waals surface area contributed by atoms with Gasteiger partial charge in [-0.2, -0.15) is 5.26 Å². The van der Waals surface area contributed by atoms with Gasteiger partial charge in [0.1, 0.15) is 6.07 Å². The summed E-state index contributed by atoms with van der Waals surface area (Å²) < 4.78 is 5.10. The molecule has 4 heteroatoms. The number of nitriles is 1. The summed E-state index contributed by atoms with van der Waals surface area (Å²) in [4.78, 5) is 1.24. The normalized spacial score (nSPS) is 18.0. The Balaban J connectivity index is 2.30. The zero-order chi connectivity index (χ0) is 13.0. The van der Waals surface area contributed by atoms with Gasteiger partial charge in [0.05, 0.1) is 25.8 Å². The number of hydrogen-bond donors (Lipinski definition) is 2. The Morgan fingerprint density at radius 3 is 2.67 bits per heavy atom. The number of quaternary nitrogens is 1. The van der Waals surface area contributed by atoms with Crippen molar-refractivity contribution < 1.29 is 14.7 Å². The summed E-state index contributed by atoms with van der Waals surface area (Å²) in [5.41, 5.74) is 0.675. The number of hydrogen-bond acceptors (Lipinski definition) is 3. The summed E-state index contributed by atoms with van der Waals surface area (Å²) in [6, 6.07) is 7.36. The van der Waals surface area contributed by atoms with E-state index in [2.05, 4.69) is 6.07 Å². The van der Waals surface area contributed by atoms with Crippen LogP contribution in [-0.4, -0.2) is 25.3 Å². The first-order valence-electron chi connectivity index (χ1n) is 6.38. The highest BCUT2D eigenvalue weighted by molar-refractivity contribution is 5.47. The molecular formula is C14H19N2O2+. The molecule has 1 saturated heterocycles. The van der Waals surface area contributed by atoms with E-state index in [1.54, 1.807) is 6.07 Å². The van der Waals surface area contributed by atoms with Gasteiger partial charge in [-0.25, -0.2) is 0 Å². The quantitative estimate of drug-likeness (QED) is 0.839. The Labute approximate surface area is 107 Å². The summed E-state index contributed by atoms with van der Waals surface area (Å²) >= 11 is 0. The number of piperidine rings is 1. The third-order valence-electron chi connectivity index (χ3n) is 3.59. The van der Waals surface area contributed by atoms with Crippen LogP contribution in [-0.2, 0) is 0 Å². The molecule has 0 spiro atoms. The number of aromatic hydroxyl groups is 1. The Bertz CT molecular complexity index is 448. The van der Waals surface area contributed by atoms with E-state index in [4.69, 9.17) is 4.74 Å². The second kappa shape index (κ2) is 5.74. The van der Waals surface area contributed by atoms with Crippen LogP contribution in [0.3, 0.4) is 0 Å². The highest BCUT2D eigenvalue weighted by atomic mass is 16.5. The lowest BCUT2D eigenvalue weighted by Crippen LogP contribution is -3.13. The number of ether oxygens (including phenoxy) is 1. The van der Waals surface area contributed by atoms with Crippen LogP contribution in [0.15, 0.2) is 18.2 Å². The van der Waals surface area contributed by atoms with Gasteiger partial charge in [0, 0.05) is 0 Å². The molecule has 0 aliphatic carbocycles. The van der Waals surface area contributed by atoms with Crippen LogP contribution >= 0.6 is 0 Å². The average molecular weight is 247 g/mol. The molecule has 4 nitrogen and oxygen atoms in total. The fraction of sp³-hybridized carbons (Fsp3) is 0.500. The van der Waals surface area contributed by atoms with E-state index in [0.717, 1.165) is 25.9 Å². The average Bonchev–Trinajstić information content (AvgIpc) is 2.43. The lowest BCUT2D eigenvalue weighted by Gasteiger charge is -2.28. The van der Waals surface area contributed by atoms with Crippen molar-refractivity contribution in [1.82, 2.24) is 0 Å². The van der Waals surface area contributed by atoms with Crippen molar-refractivity contribution in [2.45, 2.75) is 25.3 Å². The van der Waals surface area contributed by atoms with Crippen molar-refractivity contribution >= 4 is 0 Å². The predicted molar refractivity (Wildman–Crippen MR) is 67.6 cm³/mol. The molecule has 96 valence electrons. The maximum Gasteiger partial charge on any atom is 0.204 e. The number of benzene rings is 1. The number of rotatable bonds is 3. The lowest BCUT2D eigenvalue weighted by atomic mass is 10.0. The zero-order valence-electron chi connectivity index (χ0n) is 10.6. The number of phenols is 1. The molecular weight excluding hydrogens is 228 g/mol. The highest BCUT2D eigenvalue weighted by Crippen LogP contribution is 2.32. The number of para-hydroxylation sites is 1. The van der Waals surface area contributed by atoms with Crippen molar-refractivity contribution in [1.29, 1.82) is 5.26 Å². The van der Waals surface area contributed by atoms with Crippen LogP contribution in [0.4, 0.5) is 0 Å². The number of nitrogens with one attached hydrogen (secondary N) is 1. The fourth-order valence-corrected chi connectivity index (χ4v) is 2.61. The van der Waals surface area contributed by atoms with E-state index < -0.39 is 0 Å². The van der Waals surface area contributed by atoms with Gasteiger partial charge in [-0.15, -0.1) is 0 Å². The maximum absolute atomic E-state index is 10.1. The Morgan fingerprint density at radius 2 is 2.06 bits per heavy atom. The minimum absolute atomic E-state index is 0.102. The third kappa shape index (κ3) is 2.41. The standard InChI is InChI=1S/C14H18N2O2/c1-18-13-7-5-6-11(14(13)17)12(10-15)16-8-3-2-4-9-16/h5-7,12,17H,2-4,8-9H2,1H3/p+1/t12-/m1/s1. The van der Waals surface area contributed by atoms with E-state index in [1.807, 2.05) is 12.1 Å². The van der Waals surface area contributed by atoms with Crippen molar-refractivity contribution in [2.24, 2.45) is 0 Å². The van der Waals surface area contributed by atoms with Gasteiger partial charge in [0.2, 0.25) is 6.04 Å². The topological polar surface area (TPSA) is 57.7 Å². The Kier molecular flexibility index (Phi) is 4.06. The maximum atomic E-state index is 10.1. The van der Waals surface area contributed by atoms with E-state index >= 15 is 0 Å². The monoisotopic (exact) mass is 247 g/mol. The molecule has 18 heavy (non-hydrogen) atoms. The van der Waals surface area contributed by atoms with Gasteiger partial charge in [-0.05, 0) is 31.4 Å². The van der Waals surface area contributed by atoms with Gasteiger partial charge in [0.15, 0.2) is 11.5 Å². The number of phenolic OH excluding ortho intramolecular Hbond substituents is 1. The summed E-state index contributed by atoms with van der Waals surface area (Å²) in [5.74, 6) is 0.536. The van der Waals surface area contributed by atoms with Gasteiger partial charge in [-0.1, -0.05) is 6.07 Å². The molecule has 0 saturated carbocycles. The molecule has 1 heterocycles. The SMILES string of the molecule is COc1cccc([C@@H](C#N)[NH+]2CCCCC2)c1O. The van der Waals surface area contributed by atoms with Crippen molar-refractivity contribution in [3.05, 3.63) is 23.8 Å². The summed E-state index contributed by atoms with van der Waals surface area (Å²) in [7, 11) is 1.52. The second-order valence-electron chi connectivity index (χ2n) is 4.68. The number of methoxy groups -OCH3 is 1. The predicted octanol–water partition coefficient (Wildman–Crippen LogP) is 1.03. The first kappa shape index (κ1) is 12.7. The molecule has 1 atom stereocenters. The smallest absolute Gasteiger partial charge is 0.204 e. The van der Waals surface area contributed by atoms with Gasteiger partial charge in [-0.3, -0.25) is 0 Å². The zero-order valence-corrected chi connectivity index (χ0v) is 10.6. The van der Waals surface area contributed by atoms with Crippen LogP contribution < -0.4 is 9.64 Å². The van der Waals surface area contributed by atoms with Crippen LogP contribution in [0.1, 0.15) is 30.9 Å². The summed E-state index contributed by atoms with van der Waals surface area (Å²) in [6.07, 6.45) is 3.54. The van der Waals surface area contributed by atoms with Crippen molar-refractivity contribution in [3.63, 3.8) is 0 Å². The van der Waals surface area contributed by atoms with Crippen molar-refractivity contribution in [2.75, 3.05) is 20.2 Å². The molecule has 2 rings (SSSR count). The van der Waals surface area contributed by atoms with E-state index in [9.17, 15) is 10.4 Å². The summed E-state index contributed by atoms with van der Waals surface area (Å²) in [5, 5.41) is 19.5. The van der Waals surface area contributed by atoms with Gasteiger partial charge in [0.25, 0.3) is 0 Å². The molecule has 0 radical (unpaired) electrons. The number of nitrogens with zero attached hydrogens (tertiary/aromatic N) is 1. The Morgan fingerprint density at radius 1 is 1.33 bits per heavy atom. The molecule has 1 aromatic carbocycles. The first-order chi connectivity index (χ1) is 8.77. The van der Waals surface area contributed by atoms with Crippen LogP contribution in [0.25, 0.3) is 0 Å². The van der Waals surface area contributed by atoms with Crippen LogP contribution in [0.5, 0.6) is 11.5 Å². The van der Waals surface area contributed by atoms with E-state index in [0.29, 0.717) is 11.3 Å². The largest absolute Gasteiger partial charge is 0.504 e.